The molecular weight excluding hydrogens is 258 g/mol. The highest BCUT2D eigenvalue weighted by Gasteiger charge is 2.01. The van der Waals surface area contributed by atoms with Crippen LogP contribution in [0, 0.1) is 0 Å². The number of hydrogen-bond donors (Lipinski definition) is 0. The van der Waals surface area contributed by atoms with Crippen molar-refractivity contribution in [3.8, 4) is 5.69 Å². The van der Waals surface area contributed by atoms with Gasteiger partial charge in [-0.05, 0) is 35.9 Å². The highest BCUT2D eigenvalue weighted by Crippen LogP contribution is 2.07. The van der Waals surface area contributed by atoms with Crippen LogP contribution in [0.5, 0.6) is 0 Å². The third-order valence-corrected chi connectivity index (χ3v) is 3.27. The fourth-order valence-corrected chi connectivity index (χ4v) is 2.18. The first-order valence-corrected chi connectivity index (χ1v) is 6.85. The highest BCUT2D eigenvalue weighted by atomic mass is 16.1. The molecule has 0 bridgehead atoms. The van der Waals surface area contributed by atoms with E-state index < -0.39 is 0 Å². The number of hydrogen-bond acceptors (Lipinski definition) is 1. The Hall–Kier alpha value is -2.87. The molecule has 0 saturated heterocycles. The van der Waals surface area contributed by atoms with E-state index in [0.717, 1.165) is 11.3 Å². The van der Waals surface area contributed by atoms with Gasteiger partial charge in [0.2, 0.25) is 0 Å². The summed E-state index contributed by atoms with van der Waals surface area (Å²) in [6, 6.07) is 23.3. The van der Waals surface area contributed by atoms with Crippen molar-refractivity contribution in [1.29, 1.82) is 0 Å². The van der Waals surface area contributed by atoms with Crippen molar-refractivity contribution in [2.24, 2.45) is 0 Å². The molecule has 0 atom stereocenters. The van der Waals surface area contributed by atoms with Crippen LogP contribution in [-0.4, -0.2) is 4.57 Å². The standard InChI is InChI=1S/C19H15NO/c21-19-17(14-13-16-8-3-1-4-9-16)10-7-15-20(19)18-11-5-2-6-12-18/h1-15H. The van der Waals surface area contributed by atoms with Crippen LogP contribution in [0.15, 0.2) is 83.8 Å². The van der Waals surface area contributed by atoms with E-state index in [9.17, 15) is 4.79 Å². The van der Waals surface area contributed by atoms with Gasteiger partial charge in [0.15, 0.2) is 0 Å². The second-order valence-electron chi connectivity index (χ2n) is 4.72. The number of pyridine rings is 1. The number of benzene rings is 2. The van der Waals surface area contributed by atoms with Crippen molar-refractivity contribution in [2.75, 3.05) is 0 Å². The molecule has 0 saturated carbocycles. The molecule has 0 spiro atoms. The van der Waals surface area contributed by atoms with Crippen LogP contribution in [0.2, 0.25) is 0 Å². The van der Waals surface area contributed by atoms with Gasteiger partial charge < -0.3 is 0 Å². The predicted octanol–water partition coefficient (Wildman–Crippen LogP) is 4.01. The Labute approximate surface area is 123 Å². The number of nitrogens with zero attached hydrogens (tertiary/aromatic N) is 1. The molecule has 3 aromatic rings. The van der Waals surface area contributed by atoms with Crippen molar-refractivity contribution in [1.82, 2.24) is 4.57 Å². The Kier molecular flexibility index (Phi) is 3.79. The maximum absolute atomic E-state index is 12.5. The van der Waals surface area contributed by atoms with E-state index in [0.29, 0.717) is 5.56 Å². The lowest BCUT2D eigenvalue weighted by molar-refractivity contribution is 0.985. The summed E-state index contributed by atoms with van der Waals surface area (Å²) < 4.78 is 1.66. The Morgan fingerprint density at radius 3 is 2.10 bits per heavy atom. The molecule has 0 aliphatic carbocycles. The molecule has 0 radical (unpaired) electrons. The molecule has 0 aliphatic rings. The van der Waals surface area contributed by atoms with Crippen LogP contribution in [0.4, 0.5) is 0 Å². The monoisotopic (exact) mass is 273 g/mol. The van der Waals surface area contributed by atoms with E-state index in [-0.39, 0.29) is 5.56 Å². The van der Waals surface area contributed by atoms with Gasteiger partial charge in [-0.1, -0.05) is 54.6 Å². The van der Waals surface area contributed by atoms with E-state index in [1.54, 1.807) is 10.8 Å². The van der Waals surface area contributed by atoms with Gasteiger partial charge in [-0.15, -0.1) is 0 Å². The van der Waals surface area contributed by atoms with Gasteiger partial charge in [-0.3, -0.25) is 9.36 Å². The summed E-state index contributed by atoms with van der Waals surface area (Å²) in [5.41, 5.74) is 2.60. The van der Waals surface area contributed by atoms with E-state index in [1.165, 1.54) is 0 Å². The van der Waals surface area contributed by atoms with Gasteiger partial charge in [-0.2, -0.15) is 0 Å². The van der Waals surface area contributed by atoms with E-state index in [1.807, 2.05) is 84.9 Å². The topological polar surface area (TPSA) is 22.0 Å². The molecule has 3 rings (SSSR count). The van der Waals surface area contributed by atoms with Crippen molar-refractivity contribution < 1.29 is 0 Å². The summed E-state index contributed by atoms with van der Waals surface area (Å²) >= 11 is 0. The Bertz CT molecular complexity index is 802. The van der Waals surface area contributed by atoms with Crippen LogP contribution < -0.4 is 5.56 Å². The number of aromatic nitrogens is 1. The average Bonchev–Trinajstić information content (AvgIpc) is 2.56. The zero-order valence-corrected chi connectivity index (χ0v) is 11.5. The van der Waals surface area contributed by atoms with Crippen LogP contribution in [0.1, 0.15) is 11.1 Å². The minimum atomic E-state index is -0.0177. The lowest BCUT2D eigenvalue weighted by Gasteiger charge is -2.05. The summed E-state index contributed by atoms with van der Waals surface area (Å²) in [7, 11) is 0. The Morgan fingerprint density at radius 1 is 0.714 bits per heavy atom. The molecule has 0 unspecified atom stereocenters. The van der Waals surface area contributed by atoms with E-state index in [4.69, 9.17) is 0 Å². The molecule has 0 amide bonds. The summed E-state index contributed by atoms with van der Waals surface area (Å²) in [5.74, 6) is 0. The molecular formula is C19H15NO. The Balaban J connectivity index is 1.98. The molecule has 102 valence electrons. The molecule has 0 N–H and O–H groups in total. The van der Waals surface area contributed by atoms with E-state index >= 15 is 0 Å². The minimum Gasteiger partial charge on any atom is -0.284 e. The molecule has 2 aromatic carbocycles. The molecule has 1 aromatic heterocycles. The lowest BCUT2D eigenvalue weighted by atomic mass is 10.1. The van der Waals surface area contributed by atoms with Gasteiger partial charge >= 0.3 is 0 Å². The highest BCUT2D eigenvalue weighted by molar-refractivity contribution is 5.69. The van der Waals surface area contributed by atoms with Crippen molar-refractivity contribution in [3.63, 3.8) is 0 Å². The van der Waals surface area contributed by atoms with Gasteiger partial charge in [0.25, 0.3) is 5.56 Å². The number of para-hydroxylation sites is 1. The summed E-state index contributed by atoms with van der Waals surface area (Å²) in [5, 5.41) is 0. The first-order valence-electron chi connectivity index (χ1n) is 6.85. The molecule has 2 heteroatoms. The van der Waals surface area contributed by atoms with Gasteiger partial charge in [0, 0.05) is 17.4 Å². The van der Waals surface area contributed by atoms with Gasteiger partial charge in [-0.25, -0.2) is 0 Å². The summed E-state index contributed by atoms with van der Waals surface area (Å²) in [6.07, 6.45) is 5.60. The van der Waals surface area contributed by atoms with Crippen molar-refractivity contribution >= 4 is 12.2 Å². The quantitative estimate of drug-likeness (QED) is 0.706. The SMILES string of the molecule is O=c1c(C=Cc2ccccc2)cccn1-c1ccccc1. The van der Waals surface area contributed by atoms with Gasteiger partial charge in [0.05, 0.1) is 0 Å². The molecule has 2 nitrogen and oxygen atoms in total. The normalized spacial score (nSPS) is 10.9. The van der Waals surface area contributed by atoms with Crippen LogP contribution in [-0.2, 0) is 0 Å². The number of rotatable bonds is 3. The first-order chi connectivity index (χ1) is 10.3. The minimum absolute atomic E-state index is 0.0177. The summed E-state index contributed by atoms with van der Waals surface area (Å²) in [6.45, 7) is 0. The second kappa shape index (κ2) is 6.06. The smallest absolute Gasteiger partial charge is 0.262 e. The van der Waals surface area contributed by atoms with Crippen molar-refractivity contribution in [2.45, 2.75) is 0 Å². The van der Waals surface area contributed by atoms with Gasteiger partial charge in [0.1, 0.15) is 0 Å². The van der Waals surface area contributed by atoms with E-state index in [2.05, 4.69) is 0 Å². The average molecular weight is 273 g/mol. The maximum atomic E-state index is 12.5. The predicted molar refractivity (Wildman–Crippen MR) is 87.4 cm³/mol. The second-order valence-corrected chi connectivity index (χ2v) is 4.72. The van der Waals surface area contributed by atoms with Crippen LogP contribution in [0.25, 0.3) is 17.8 Å². The first kappa shape index (κ1) is 13.1. The van der Waals surface area contributed by atoms with Crippen LogP contribution in [0.3, 0.4) is 0 Å². The third kappa shape index (κ3) is 3.00. The zero-order valence-electron chi connectivity index (χ0n) is 11.5. The molecule has 1 heterocycles. The van der Waals surface area contributed by atoms with Crippen molar-refractivity contribution in [3.05, 3.63) is 100 Å². The lowest BCUT2D eigenvalue weighted by Crippen LogP contribution is -2.19. The summed E-state index contributed by atoms with van der Waals surface area (Å²) in [4.78, 5) is 12.5. The Morgan fingerprint density at radius 2 is 1.38 bits per heavy atom. The maximum Gasteiger partial charge on any atom is 0.262 e. The van der Waals surface area contributed by atoms with Crippen LogP contribution >= 0.6 is 0 Å². The zero-order chi connectivity index (χ0) is 14.5. The third-order valence-electron chi connectivity index (χ3n) is 3.27. The largest absolute Gasteiger partial charge is 0.284 e. The fourth-order valence-electron chi connectivity index (χ4n) is 2.18. The molecule has 0 aliphatic heterocycles. The molecule has 0 fully saturated rings. The molecule has 21 heavy (non-hydrogen) atoms. The fraction of sp³-hybridized carbons (Fsp3) is 0.